The number of halogens is 1. The molecule has 0 unspecified atom stereocenters. The van der Waals surface area contributed by atoms with E-state index in [2.05, 4.69) is 10.5 Å². The molecule has 0 atom stereocenters. The monoisotopic (exact) mass is 410 g/mol. The Morgan fingerprint density at radius 2 is 1.90 bits per heavy atom. The number of rotatable bonds is 7. The molecule has 29 heavy (non-hydrogen) atoms. The molecule has 0 spiro atoms. The number of ether oxygens (including phenoxy) is 2. The van der Waals surface area contributed by atoms with E-state index in [4.69, 9.17) is 21.1 Å². The Morgan fingerprint density at radius 3 is 2.66 bits per heavy atom. The molecule has 0 aliphatic rings. The highest BCUT2D eigenvalue weighted by Gasteiger charge is 2.11. The lowest BCUT2D eigenvalue weighted by Gasteiger charge is -2.12. The van der Waals surface area contributed by atoms with Gasteiger partial charge in [0.25, 0.3) is 5.91 Å². The van der Waals surface area contributed by atoms with Crippen LogP contribution in [0, 0.1) is 0 Å². The van der Waals surface area contributed by atoms with Crippen LogP contribution in [0.4, 0.5) is 0 Å². The van der Waals surface area contributed by atoms with Crippen molar-refractivity contribution in [1.82, 2.24) is 5.43 Å². The van der Waals surface area contributed by atoms with Gasteiger partial charge in [-0.3, -0.25) is 4.79 Å². The number of phenols is 1. The first kappa shape index (κ1) is 20.2. The summed E-state index contributed by atoms with van der Waals surface area (Å²) in [6.45, 7) is 0.385. The van der Waals surface area contributed by atoms with Gasteiger partial charge in [-0.2, -0.15) is 5.10 Å². The van der Waals surface area contributed by atoms with Crippen LogP contribution in [-0.2, 0) is 6.61 Å². The van der Waals surface area contributed by atoms with Gasteiger partial charge < -0.3 is 14.6 Å². The number of nitrogens with one attached hydrogen (secondary N) is 1. The lowest BCUT2D eigenvalue weighted by molar-refractivity contribution is 0.0954. The van der Waals surface area contributed by atoms with E-state index in [9.17, 15) is 9.90 Å². The number of hydrazone groups is 1. The molecule has 0 saturated carbocycles. The van der Waals surface area contributed by atoms with Crippen molar-refractivity contribution in [2.24, 2.45) is 5.10 Å². The summed E-state index contributed by atoms with van der Waals surface area (Å²) in [5.74, 6) is 0.537. The maximum absolute atomic E-state index is 12.3. The highest BCUT2D eigenvalue weighted by Crippen LogP contribution is 2.29. The van der Waals surface area contributed by atoms with E-state index in [1.165, 1.54) is 25.5 Å². The predicted molar refractivity (Wildman–Crippen MR) is 112 cm³/mol. The number of phenolic OH excluding ortho intramolecular Hbond substituents is 1. The van der Waals surface area contributed by atoms with Crippen LogP contribution >= 0.6 is 11.6 Å². The largest absolute Gasteiger partial charge is 0.507 e. The van der Waals surface area contributed by atoms with Crippen molar-refractivity contribution in [1.29, 1.82) is 0 Å². The highest BCUT2D eigenvalue weighted by atomic mass is 35.5. The van der Waals surface area contributed by atoms with Crippen LogP contribution < -0.4 is 14.9 Å². The third kappa shape index (κ3) is 5.49. The predicted octanol–water partition coefficient (Wildman–Crippen LogP) is 4.40. The minimum atomic E-state index is -0.435. The standard InChI is InChI=1S/C22H19ClN2O4/c1-28-21-12-16(7-10-20(21)29-14-15-5-3-2-4-6-15)22(27)25-24-13-17-11-18(23)8-9-19(17)26/h2-13,26H,14H2,1H3,(H,25,27)/b24-13+. The molecule has 0 aliphatic heterocycles. The van der Waals surface area contributed by atoms with Crippen molar-refractivity contribution in [3.05, 3.63) is 88.4 Å². The summed E-state index contributed by atoms with van der Waals surface area (Å²) in [6, 6.07) is 19.1. The van der Waals surface area contributed by atoms with Gasteiger partial charge in [0.1, 0.15) is 12.4 Å². The van der Waals surface area contributed by atoms with E-state index in [1.807, 2.05) is 30.3 Å². The van der Waals surface area contributed by atoms with Gasteiger partial charge in [-0.15, -0.1) is 0 Å². The second-order valence-electron chi connectivity index (χ2n) is 6.04. The number of amides is 1. The van der Waals surface area contributed by atoms with E-state index >= 15 is 0 Å². The fourth-order valence-electron chi connectivity index (χ4n) is 2.52. The number of hydrogen-bond donors (Lipinski definition) is 2. The van der Waals surface area contributed by atoms with Gasteiger partial charge in [0.05, 0.1) is 13.3 Å². The van der Waals surface area contributed by atoms with Crippen LogP contribution in [0.3, 0.4) is 0 Å². The summed E-state index contributed by atoms with van der Waals surface area (Å²) in [7, 11) is 1.51. The lowest BCUT2D eigenvalue weighted by atomic mass is 10.2. The summed E-state index contributed by atoms with van der Waals surface area (Å²) in [5, 5.41) is 14.1. The second kappa shape index (κ2) is 9.61. The van der Waals surface area contributed by atoms with Gasteiger partial charge in [0.15, 0.2) is 11.5 Å². The van der Waals surface area contributed by atoms with Gasteiger partial charge in [-0.1, -0.05) is 41.9 Å². The fraction of sp³-hybridized carbons (Fsp3) is 0.0909. The van der Waals surface area contributed by atoms with Crippen molar-refractivity contribution in [3.63, 3.8) is 0 Å². The molecule has 3 aromatic carbocycles. The van der Waals surface area contributed by atoms with Crippen LogP contribution in [0.2, 0.25) is 5.02 Å². The van der Waals surface area contributed by atoms with E-state index in [0.717, 1.165) is 5.56 Å². The molecule has 0 fully saturated rings. The zero-order valence-electron chi connectivity index (χ0n) is 15.6. The smallest absolute Gasteiger partial charge is 0.271 e. The van der Waals surface area contributed by atoms with Crippen LogP contribution in [0.25, 0.3) is 0 Å². The molecular weight excluding hydrogens is 392 g/mol. The molecule has 0 heterocycles. The summed E-state index contributed by atoms with van der Waals surface area (Å²) < 4.78 is 11.1. The first-order chi connectivity index (χ1) is 14.1. The Labute approximate surface area is 173 Å². The molecule has 0 aromatic heterocycles. The first-order valence-corrected chi connectivity index (χ1v) is 9.11. The average Bonchev–Trinajstić information content (AvgIpc) is 2.75. The van der Waals surface area contributed by atoms with Gasteiger partial charge in [0.2, 0.25) is 0 Å². The number of hydrogen-bond acceptors (Lipinski definition) is 5. The van der Waals surface area contributed by atoms with Crippen molar-refractivity contribution >= 4 is 23.7 Å². The van der Waals surface area contributed by atoms with Gasteiger partial charge in [0, 0.05) is 16.1 Å². The van der Waals surface area contributed by atoms with Crippen LogP contribution in [0.1, 0.15) is 21.5 Å². The third-order valence-corrected chi connectivity index (χ3v) is 4.26. The molecule has 1 amide bonds. The van der Waals surface area contributed by atoms with Gasteiger partial charge in [-0.25, -0.2) is 5.43 Å². The van der Waals surface area contributed by atoms with Gasteiger partial charge in [-0.05, 0) is 42.0 Å². The quantitative estimate of drug-likeness (QED) is 0.447. The third-order valence-electron chi connectivity index (χ3n) is 4.02. The number of aromatic hydroxyl groups is 1. The Hall–Kier alpha value is -3.51. The molecule has 0 radical (unpaired) electrons. The molecule has 3 aromatic rings. The summed E-state index contributed by atoms with van der Waals surface area (Å²) in [4.78, 5) is 12.3. The minimum absolute atomic E-state index is 0.00832. The zero-order valence-corrected chi connectivity index (χ0v) is 16.4. The molecule has 3 rings (SSSR count). The molecular formula is C22H19ClN2O4. The highest BCUT2D eigenvalue weighted by molar-refractivity contribution is 6.30. The van der Waals surface area contributed by atoms with E-state index in [-0.39, 0.29) is 5.75 Å². The second-order valence-corrected chi connectivity index (χ2v) is 6.48. The minimum Gasteiger partial charge on any atom is -0.507 e. The van der Waals surface area contributed by atoms with E-state index in [0.29, 0.717) is 34.3 Å². The van der Waals surface area contributed by atoms with Crippen molar-refractivity contribution < 1.29 is 19.4 Å². The number of carbonyl (C=O) groups excluding carboxylic acids is 1. The number of nitrogens with zero attached hydrogens (tertiary/aromatic N) is 1. The van der Waals surface area contributed by atoms with Gasteiger partial charge >= 0.3 is 0 Å². The Bertz CT molecular complexity index is 1020. The maximum Gasteiger partial charge on any atom is 0.271 e. The maximum atomic E-state index is 12.3. The van der Waals surface area contributed by atoms with Crippen LogP contribution in [0.15, 0.2) is 71.8 Å². The molecule has 6 nitrogen and oxygen atoms in total. The molecule has 148 valence electrons. The SMILES string of the molecule is COc1cc(C(=O)N/N=C/c2cc(Cl)ccc2O)ccc1OCc1ccccc1. The molecule has 2 N–H and O–H groups in total. The Morgan fingerprint density at radius 1 is 1.10 bits per heavy atom. The Kier molecular flexibility index (Phi) is 6.71. The van der Waals surface area contributed by atoms with E-state index < -0.39 is 5.91 Å². The van der Waals surface area contributed by atoms with Crippen molar-refractivity contribution in [2.75, 3.05) is 7.11 Å². The normalized spacial score (nSPS) is 10.7. The number of methoxy groups -OCH3 is 1. The summed E-state index contributed by atoms with van der Waals surface area (Å²) in [6.07, 6.45) is 1.31. The number of carbonyl (C=O) groups is 1. The zero-order chi connectivity index (χ0) is 20.6. The average molecular weight is 411 g/mol. The molecule has 0 aliphatic carbocycles. The van der Waals surface area contributed by atoms with Crippen molar-refractivity contribution in [2.45, 2.75) is 6.61 Å². The summed E-state index contributed by atoms with van der Waals surface area (Å²) >= 11 is 5.88. The summed E-state index contributed by atoms with van der Waals surface area (Å²) in [5.41, 5.74) is 4.16. The van der Waals surface area contributed by atoms with Crippen LogP contribution in [0.5, 0.6) is 17.2 Å². The molecule has 0 saturated heterocycles. The molecule has 0 bridgehead atoms. The van der Waals surface area contributed by atoms with E-state index in [1.54, 1.807) is 24.3 Å². The number of benzene rings is 3. The van der Waals surface area contributed by atoms with Crippen molar-refractivity contribution in [3.8, 4) is 17.2 Å². The first-order valence-electron chi connectivity index (χ1n) is 8.73. The Balaban J connectivity index is 1.66. The van der Waals surface area contributed by atoms with Crippen LogP contribution in [-0.4, -0.2) is 24.3 Å². The molecule has 7 heteroatoms. The topological polar surface area (TPSA) is 80.2 Å². The fourth-order valence-corrected chi connectivity index (χ4v) is 2.70. The lowest BCUT2D eigenvalue weighted by Crippen LogP contribution is -2.17.